The van der Waals surface area contributed by atoms with E-state index in [9.17, 15) is 0 Å². The molecule has 0 aliphatic heterocycles. The Labute approximate surface area is 107 Å². The van der Waals surface area contributed by atoms with Crippen molar-refractivity contribution in [3.63, 3.8) is 0 Å². The zero-order chi connectivity index (χ0) is 11.4. The summed E-state index contributed by atoms with van der Waals surface area (Å²) < 4.78 is 6.61. The van der Waals surface area contributed by atoms with Crippen molar-refractivity contribution in [2.45, 2.75) is 6.04 Å². The first-order valence-corrected chi connectivity index (χ1v) is 6.61. The van der Waals surface area contributed by atoms with Crippen molar-refractivity contribution in [3.05, 3.63) is 51.1 Å². The van der Waals surface area contributed by atoms with Crippen molar-refractivity contribution in [1.29, 1.82) is 0 Å². The molecule has 0 radical (unpaired) electrons. The number of hydrogen-bond donors (Lipinski definition) is 1. The van der Waals surface area contributed by atoms with Crippen LogP contribution in [0.4, 0.5) is 0 Å². The quantitative estimate of drug-likeness (QED) is 0.936. The van der Waals surface area contributed by atoms with E-state index in [1.54, 1.807) is 11.3 Å². The molecular formula is C12H12BrNOS. The Morgan fingerprint density at radius 1 is 1.25 bits per heavy atom. The van der Waals surface area contributed by atoms with Crippen LogP contribution in [-0.4, -0.2) is 6.61 Å². The van der Waals surface area contributed by atoms with Crippen LogP contribution in [0.1, 0.15) is 10.9 Å². The number of para-hydroxylation sites is 1. The van der Waals surface area contributed by atoms with Gasteiger partial charge >= 0.3 is 0 Å². The Morgan fingerprint density at radius 3 is 2.75 bits per heavy atom. The van der Waals surface area contributed by atoms with Crippen molar-refractivity contribution < 1.29 is 4.74 Å². The molecule has 0 aliphatic rings. The van der Waals surface area contributed by atoms with Crippen LogP contribution in [0.3, 0.4) is 0 Å². The number of thiophene rings is 1. The second-order valence-electron chi connectivity index (χ2n) is 3.36. The maximum absolute atomic E-state index is 6.01. The number of benzene rings is 1. The number of rotatable bonds is 4. The highest BCUT2D eigenvalue weighted by Gasteiger charge is 2.08. The van der Waals surface area contributed by atoms with Gasteiger partial charge in [0.1, 0.15) is 12.4 Å². The summed E-state index contributed by atoms with van der Waals surface area (Å²) in [6.45, 7) is 0.489. The van der Waals surface area contributed by atoms with E-state index in [1.807, 2.05) is 41.8 Å². The van der Waals surface area contributed by atoms with Gasteiger partial charge in [-0.05, 0) is 39.5 Å². The second kappa shape index (κ2) is 5.48. The fraction of sp³-hybridized carbons (Fsp3) is 0.167. The summed E-state index contributed by atoms with van der Waals surface area (Å²) in [4.78, 5) is 1.15. The average molecular weight is 298 g/mol. The molecule has 4 heteroatoms. The molecule has 0 fully saturated rings. The average Bonchev–Trinajstić information content (AvgIpc) is 2.81. The first-order chi connectivity index (χ1) is 7.77. The van der Waals surface area contributed by atoms with Gasteiger partial charge in [-0.25, -0.2) is 0 Å². The molecule has 2 rings (SSSR count). The van der Waals surface area contributed by atoms with E-state index < -0.39 is 0 Å². The Morgan fingerprint density at radius 2 is 2.06 bits per heavy atom. The fourth-order valence-corrected chi connectivity index (χ4v) is 2.44. The predicted molar refractivity (Wildman–Crippen MR) is 70.9 cm³/mol. The summed E-state index contributed by atoms with van der Waals surface area (Å²) in [6, 6.07) is 11.7. The maximum atomic E-state index is 6.01. The third-order valence-electron chi connectivity index (χ3n) is 2.16. The van der Waals surface area contributed by atoms with Gasteiger partial charge in [-0.2, -0.15) is 0 Å². The molecule has 16 heavy (non-hydrogen) atoms. The van der Waals surface area contributed by atoms with Gasteiger partial charge in [0.25, 0.3) is 0 Å². The van der Waals surface area contributed by atoms with Gasteiger partial charge in [0, 0.05) is 4.88 Å². The summed E-state index contributed by atoms with van der Waals surface area (Å²) in [5, 5.41) is 2.02. The monoisotopic (exact) mass is 297 g/mol. The molecule has 1 heterocycles. The van der Waals surface area contributed by atoms with Crippen LogP contribution in [0.5, 0.6) is 5.75 Å². The van der Waals surface area contributed by atoms with E-state index in [2.05, 4.69) is 15.9 Å². The standard InChI is InChI=1S/C12H12BrNOS/c13-9-4-1-2-5-11(9)15-8-10(14)12-6-3-7-16-12/h1-7,10H,8,14H2. The Kier molecular flexibility index (Phi) is 3.98. The molecule has 1 unspecified atom stereocenters. The van der Waals surface area contributed by atoms with Crippen molar-refractivity contribution in [2.75, 3.05) is 6.61 Å². The Hall–Kier alpha value is -0.840. The highest BCUT2D eigenvalue weighted by molar-refractivity contribution is 9.10. The zero-order valence-electron chi connectivity index (χ0n) is 8.60. The molecule has 2 nitrogen and oxygen atoms in total. The van der Waals surface area contributed by atoms with Gasteiger partial charge in [0.2, 0.25) is 0 Å². The topological polar surface area (TPSA) is 35.2 Å². The molecule has 0 saturated heterocycles. The Bertz CT molecular complexity index is 444. The van der Waals surface area contributed by atoms with Crippen LogP contribution >= 0.6 is 27.3 Å². The summed E-state index contributed by atoms with van der Waals surface area (Å²) in [7, 11) is 0. The Balaban J connectivity index is 1.95. The van der Waals surface area contributed by atoms with E-state index >= 15 is 0 Å². The summed E-state index contributed by atoms with van der Waals surface area (Å²) in [5.74, 6) is 0.828. The molecule has 0 spiro atoms. The van der Waals surface area contributed by atoms with Gasteiger partial charge in [0.15, 0.2) is 0 Å². The van der Waals surface area contributed by atoms with Gasteiger partial charge in [0.05, 0.1) is 10.5 Å². The lowest BCUT2D eigenvalue weighted by molar-refractivity contribution is 0.290. The molecule has 0 aliphatic carbocycles. The molecule has 1 aromatic carbocycles. The fourth-order valence-electron chi connectivity index (χ4n) is 1.33. The first-order valence-electron chi connectivity index (χ1n) is 4.93. The smallest absolute Gasteiger partial charge is 0.133 e. The van der Waals surface area contributed by atoms with Gasteiger partial charge < -0.3 is 10.5 Å². The molecule has 0 amide bonds. The molecule has 0 bridgehead atoms. The van der Waals surface area contributed by atoms with E-state index in [1.165, 1.54) is 0 Å². The molecule has 1 aromatic heterocycles. The summed E-state index contributed by atoms with van der Waals surface area (Å²) in [6.07, 6.45) is 0. The van der Waals surface area contributed by atoms with E-state index in [0.717, 1.165) is 15.1 Å². The van der Waals surface area contributed by atoms with Crippen LogP contribution in [0.25, 0.3) is 0 Å². The maximum Gasteiger partial charge on any atom is 0.133 e. The minimum absolute atomic E-state index is 0.0629. The van der Waals surface area contributed by atoms with E-state index in [0.29, 0.717) is 6.61 Å². The second-order valence-corrected chi connectivity index (χ2v) is 5.20. The van der Waals surface area contributed by atoms with E-state index in [4.69, 9.17) is 10.5 Å². The number of halogens is 1. The third kappa shape index (κ3) is 2.84. The highest BCUT2D eigenvalue weighted by Crippen LogP contribution is 2.25. The van der Waals surface area contributed by atoms with Crippen molar-refractivity contribution in [1.82, 2.24) is 0 Å². The number of hydrogen-bond acceptors (Lipinski definition) is 3. The van der Waals surface area contributed by atoms with Crippen molar-refractivity contribution >= 4 is 27.3 Å². The molecular weight excluding hydrogens is 286 g/mol. The van der Waals surface area contributed by atoms with Crippen molar-refractivity contribution in [3.8, 4) is 5.75 Å². The van der Waals surface area contributed by atoms with Crippen LogP contribution in [0.2, 0.25) is 0 Å². The molecule has 1 atom stereocenters. The molecule has 84 valence electrons. The first kappa shape index (κ1) is 11.6. The lowest BCUT2D eigenvalue weighted by Gasteiger charge is -2.12. The van der Waals surface area contributed by atoms with Crippen molar-refractivity contribution in [2.24, 2.45) is 5.73 Å². The van der Waals surface area contributed by atoms with Crippen LogP contribution in [0.15, 0.2) is 46.3 Å². The van der Waals surface area contributed by atoms with E-state index in [-0.39, 0.29) is 6.04 Å². The SMILES string of the molecule is NC(COc1ccccc1Br)c1cccs1. The molecule has 0 saturated carbocycles. The minimum Gasteiger partial charge on any atom is -0.490 e. The van der Waals surface area contributed by atoms with Crippen LogP contribution in [0, 0.1) is 0 Å². The summed E-state index contributed by atoms with van der Waals surface area (Å²) >= 11 is 5.09. The number of ether oxygens (including phenoxy) is 1. The predicted octanol–water partition coefficient (Wildman–Crippen LogP) is 3.59. The largest absolute Gasteiger partial charge is 0.490 e. The highest BCUT2D eigenvalue weighted by atomic mass is 79.9. The minimum atomic E-state index is -0.0629. The molecule has 2 aromatic rings. The van der Waals surface area contributed by atoms with Gasteiger partial charge in [-0.15, -0.1) is 11.3 Å². The lowest BCUT2D eigenvalue weighted by atomic mass is 10.3. The normalized spacial score (nSPS) is 12.4. The van der Waals surface area contributed by atoms with Crippen LogP contribution in [-0.2, 0) is 0 Å². The van der Waals surface area contributed by atoms with Gasteiger partial charge in [-0.3, -0.25) is 0 Å². The zero-order valence-corrected chi connectivity index (χ0v) is 11.0. The third-order valence-corrected chi connectivity index (χ3v) is 3.82. The van der Waals surface area contributed by atoms with Gasteiger partial charge in [-0.1, -0.05) is 18.2 Å². The van der Waals surface area contributed by atoms with Crippen LogP contribution < -0.4 is 10.5 Å². The summed E-state index contributed by atoms with van der Waals surface area (Å²) in [5.41, 5.74) is 6.01. The lowest BCUT2D eigenvalue weighted by Crippen LogP contribution is -2.17. The number of nitrogens with two attached hydrogens (primary N) is 1. The molecule has 2 N–H and O–H groups in total.